The average molecular weight is 335 g/mol. The first-order chi connectivity index (χ1) is 9.65. The van der Waals surface area contributed by atoms with Crippen molar-refractivity contribution >= 4 is 15.9 Å². The Balaban J connectivity index is 2.33. The lowest BCUT2D eigenvalue weighted by molar-refractivity contribution is 0.399. The van der Waals surface area contributed by atoms with Crippen molar-refractivity contribution in [3.63, 3.8) is 0 Å². The lowest BCUT2D eigenvalue weighted by Crippen LogP contribution is -2.30. The molecule has 2 aromatic rings. The molecule has 20 heavy (non-hydrogen) atoms. The average Bonchev–Trinajstić information content (AvgIpc) is 2.46. The van der Waals surface area contributed by atoms with Gasteiger partial charge in [0.05, 0.1) is 13.2 Å². The van der Waals surface area contributed by atoms with Gasteiger partial charge in [-0.1, -0.05) is 51.8 Å². The zero-order valence-electron chi connectivity index (χ0n) is 11.7. The number of hydrazine groups is 1. The van der Waals surface area contributed by atoms with Crippen LogP contribution >= 0.6 is 15.9 Å². The van der Waals surface area contributed by atoms with Crippen molar-refractivity contribution in [2.75, 3.05) is 7.11 Å². The highest BCUT2D eigenvalue weighted by molar-refractivity contribution is 9.10. The summed E-state index contributed by atoms with van der Waals surface area (Å²) in [5, 5.41) is 0. The molecule has 0 fully saturated rings. The van der Waals surface area contributed by atoms with Crippen LogP contribution in [0.2, 0.25) is 0 Å². The SMILES string of the molecule is COc1ccc(C)cc1C(Cc1ccccc1Br)NN. The predicted octanol–water partition coefficient (Wildman–Crippen LogP) is 3.51. The second-order valence-corrected chi connectivity index (χ2v) is 5.61. The molecule has 0 aliphatic rings. The molecule has 0 aromatic heterocycles. The van der Waals surface area contributed by atoms with E-state index in [1.165, 1.54) is 11.1 Å². The summed E-state index contributed by atoms with van der Waals surface area (Å²) in [5.74, 6) is 6.61. The van der Waals surface area contributed by atoms with Crippen molar-refractivity contribution in [3.8, 4) is 5.75 Å². The van der Waals surface area contributed by atoms with E-state index in [2.05, 4.69) is 40.4 Å². The van der Waals surface area contributed by atoms with E-state index in [1.54, 1.807) is 7.11 Å². The number of halogens is 1. The van der Waals surface area contributed by atoms with Gasteiger partial charge in [-0.3, -0.25) is 11.3 Å². The molecule has 0 radical (unpaired) electrons. The first-order valence-corrected chi connectivity index (χ1v) is 7.29. The Morgan fingerprint density at radius 1 is 1.25 bits per heavy atom. The van der Waals surface area contributed by atoms with Crippen LogP contribution in [0, 0.1) is 6.92 Å². The molecule has 0 spiro atoms. The summed E-state index contributed by atoms with van der Waals surface area (Å²) < 4.78 is 6.53. The Labute approximate surface area is 128 Å². The largest absolute Gasteiger partial charge is 0.496 e. The fourth-order valence-electron chi connectivity index (χ4n) is 2.27. The van der Waals surface area contributed by atoms with Crippen LogP contribution < -0.4 is 16.0 Å². The minimum Gasteiger partial charge on any atom is -0.496 e. The number of hydrogen-bond acceptors (Lipinski definition) is 3. The maximum atomic E-state index is 5.76. The Hall–Kier alpha value is -1.36. The highest BCUT2D eigenvalue weighted by Crippen LogP contribution is 2.30. The Bertz CT molecular complexity index is 586. The zero-order valence-corrected chi connectivity index (χ0v) is 13.3. The smallest absolute Gasteiger partial charge is 0.123 e. The number of benzene rings is 2. The maximum Gasteiger partial charge on any atom is 0.123 e. The van der Waals surface area contributed by atoms with Crippen molar-refractivity contribution in [3.05, 3.63) is 63.6 Å². The van der Waals surface area contributed by atoms with Gasteiger partial charge in [0.1, 0.15) is 5.75 Å². The molecule has 106 valence electrons. The minimum absolute atomic E-state index is 0.00329. The van der Waals surface area contributed by atoms with Gasteiger partial charge in [0.2, 0.25) is 0 Å². The molecule has 0 saturated carbocycles. The van der Waals surface area contributed by atoms with Crippen LogP contribution in [-0.4, -0.2) is 7.11 Å². The van der Waals surface area contributed by atoms with Crippen LogP contribution in [-0.2, 0) is 6.42 Å². The molecule has 0 aliphatic heterocycles. The third-order valence-electron chi connectivity index (χ3n) is 3.34. The molecule has 2 rings (SSSR count). The summed E-state index contributed by atoms with van der Waals surface area (Å²) in [6.45, 7) is 2.06. The number of methoxy groups -OCH3 is 1. The summed E-state index contributed by atoms with van der Waals surface area (Å²) in [7, 11) is 1.68. The summed E-state index contributed by atoms with van der Waals surface area (Å²) in [4.78, 5) is 0. The Morgan fingerprint density at radius 2 is 2.00 bits per heavy atom. The molecule has 0 bridgehead atoms. The van der Waals surface area contributed by atoms with Crippen molar-refractivity contribution in [2.45, 2.75) is 19.4 Å². The van der Waals surface area contributed by atoms with E-state index in [4.69, 9.17) is 10.6 Å². The standard InChI is InChI=1S/C16H19BrN2O/c1-11-7-8-16(20-2)13(9-11)15(19-18)10-12-5-3-4-6-14(12)17/h3-9,15,19H,10,18H2,1-2H3. The van der Waals surface area contributed by atoms with Gasteiger partial charge in [0.25, 0.3) is 0 Å². The van der Waals surface area contributed by atoms with Gasteiger partial charge in [-0.25, -0.2) is 0 Å². The lowest BCUT2D eigenvalue weighted by Gasteiger charge is -2.20. The molecule has 0 amide bonds. The van der Waals surface area contributed by atoms with Crippen LogP contribution in [0.4, 0.5) is 0 Å². The number of nitrogens with one attached hydrogen (secondary N) is 1. The molecule has 0 heterocycles. The predicted molar refractivity (Wildman–Crippen MR) is 85.6 cm³/mol. The van der Waals surface area contributed by atoms with Crippen LogP contribution in [0.3, 0.4) is 0 Å². The van der Waals surface area contributed by atoms with Crippen LogP contribution in [0.25, 0.3) is 0 Å². The van der Waals surface area contributed by atoms with Gasteiger partial charge in [-0.15, -0.1) is 0 Å². The molecule has 1 atom stereocenters. The molecule has 4 heteroatoms. The highest BCUT2D eigenvalue weighted by Gasteiger charge is 2.16. The number of rotatable bonds is 5. The summed E-state index contributed by atoms with van der Waals surface area (Å²) >= 11 is 3.58. The van der Waals surface area contributed by atoms with Crippen molar-refractivity contribution in [2.24, 2.45) is 5.84 Å². The lowest BCUT2D eigenvalue weighted by atomic mass is 9.97. The van der Waals surface area contributed by atoms with Gasteiger partial charge in [-0.05, 0) is 31.0 Å². The van der Waals surface area contributed by atoms with Crippen molar-refractivity contribution < 1.29 is 4.74 Å². The number of hydrogen-bond donors (Lipinski definition) is 2. The van der Waals surface area contributed by atoms with E-state index >= 15 is 0 Å². The number of ether oxygens (including phenoxy) is 1. The maximum absolute atomic E-state index is 5.76. The fraction of sp³-hybridized carbons (Fsp3) is 0.250. The summed E-state index contributed by atoms with van der Waals surface area (Å²) in [6, 6.07) is 14.3. The Kier molecular flexibility index (Phi) is 5.17. The topological polar surface area (TPSA) is 47.3 Å². The second-order valence-electron chi connectivity index (χ2n) is 4.76. The van der Waals surface area contributed by atoms with E-state index in [1.807, 2.05) is 30.3 Å². The number of nitrogens with two attached hydrogens (primary N) is 1. The Morgan fingerprint density at radius 3 is 2.65 bits per heavy atom. The van der Waals surface area contributed by atoms with Gasteiger partial charge in [0, 0.05) is 10.0 Å². The monoisotopic (exact) mass is 334 g/mol. The molecule has 2 aromatic carbocycles. The fourth-order valence-corrected chi connectivity index (χ4v) is 2.72. The van der Waals surface area contributed by atoms with Gasteiger partial charge < -0.3 is 4.74 Å². The van der Waals surface area contributed by atoms with Gasteiger partial charge in [-0.2, -0.15) is 0 Å². The minimum atomic E-state index is 0.00329. The molecule has 1 unspecified atom stereocenters. The number of aryl methyl sites for hydroxylation is 1. The van der Waals surface area contributed by atoms with E-state index in [9.17, 15) is 0 Å². The summed E-state index contributed by atoms with van der Waals surface area (Å²) in [5.41, 5.74) is 6.37. The van der Waals surface area contributed by atoms with Crippen molar-refractivity contribution in [1.82, 2.24) is 5.43 Å². The van der Waals surface area contributed by atoms with Gasteiger partial charge >= 0.3 is 0 Å². The highest BCUT2D eigenvalue weighted by atomic mass is 79.9. The second kappa shape index (κ2) is 6.88. The van der Waals surface area contributed by atoms with E-state index in [0.29, 0.717) is 0 Å². The third-order valence-corrected chi connectivity index (χ3v) is 4.12. The van der Waals surface area contributed by atoms with E-state index in [0.717, 1.165) is 22.2 Å². The van der Waals surface area contributed by atoms with Gasteiger partial charge in [0.15, 0.2) is 0 Å². The first-order valence-electron chi connectivity index (χ1n) is 6.49. The molecule has 3 N–H and O–H groups in total. The molecule has 3 nitrogen and oxygen atoms in total. The molecule has 0 aliphatic carbocycles. The molecular formula is C16H19BrN2O. The molecular weight excluding hydrogens is 316 g/mol. The van der Waals surface area contributed by atoms with Crippen LogP contribution in [0.1, 0.15) is 22.7 Å². The van der Waals surface area contributed by atoms with Crippen LogP contribution in [0.15, 0.2) is 46.9 Å². The van der Waals surface area contributed by atoms with E-state index < -0.39 is 0 Å². The summed E-state index contributed by atoms with van der Waals surface area (Å²) in [6.07, 6.45) is 0.789. The van der Waals surface area contributed by atoms with Crippen LogP contribution in [0.5, 0.6) is 5.75 Å². The molecule has 0 saturated heterocycles. The first kappa shape index (κ1) is 15.0. The van der Waals surface area contributed by atoms with Crippen molar-refractivity contribution in [1.29, 1.82) is 0 Å². The van der Waals surface area contributed by atoms with E-state index in [-0.39, 0.29) is 6.04 Å². The zero-order chi connectivity index (χ0) is 14.5. The normalized spacial score (nSPS) is 12.2. The third kappa shape index (κ3) is 3.39. The quantitative estimate of drug-likeness (QED) is 0.649.